The molecule has 0 bridgehead atoms. The lowest BCUT2D eigenvalue weighted by atomic mass is 9.68. The molecule has 0 radical (unpaired) electrons. The highest BCUT2D eigenvalue weighted by molar-refractivity contribution is 6.30. The fourth-order valence-corrected chi connectivity index (χ4v) is 4.50. The van der Waals surface area contributed by atoms with Crippen molar-refractivity contribution < 1.29 is 23.7 Å². The van der Waals surface area contributed by atoms with Crippen LogP contribution in [0.4, 0.5) is 0 Å². The molecule has 2 saturated heterocycles. The molecule has 27 heavy (non-hydrogen) atoms. The second kappa shape index (κ2) is 8.00. The number of carbonyl (C=O) groups excluding carboxylic acids is 1. The van der Waals surface area contributed by atoms with Crippen LogP contribution in [0.15, 0.2) is 11.6 Å². The molecule has 150 valence electrons. The van der Waals surface area contributed by atoms with Crippen LogP contribution >= 0.6 is 11.6 Å². The smallest absolute Gasteiger partial charge is 0.326 e. The van der Waals surface area contributed by atoms with Crippen molar-refractivity contribution in [3.63, 3.8) is 0 Å². The first-order valence-corrected chi connectivity index (χ1v) is 9.75. The second-order valence-electron chi connectivity index (χ2n) is 7.98. The van der Waals surface area contributed by atoms with Gasteiger partial charge in [0.05, 0.1) is 18.6 Å². The highest BCUT2D eigenvalue weighted by atomic mass is 35.5. The van der Waals surface area contributed by atoms with Crippen LogP contribution in [0.5, 0.6) is 0 Å². The molecule has 1 N–H and O–H groups in total. The standard InChI is InChI=1S/C20H28ClNO5/c1-13(2)5-6-15-19(3,27-15)18-17(24-4)14(7-8-20(18)12-25-20)26-16(23)11-22-10-9-21/h5,14-15,17-18,22H,6-8,11-12H2,1-4H3. The van der Waals surface area contributed by atoms with Crippen molar-refractivity contribution in [1.82, 2.24) is 5.32 Å². The number of carbonyl (C=O) groups is 1. The zero-order valence-corrected chi connectivity index (χ0v) is 17.1. The summed E-state index contributed by atoms with van der Waals surface area (Å²) in [5, 5.41) is 4.78. The third-order valence-corrected chi connectivity index (χ3v) is 5.98. The molecule has 1 aliphatic carbocycles. The largest absolute Gasteiger partial charge is 0.458 e. The third-order valence-electron chi connectivity index (χ3n) is 5.89. The number of allylic oxidation sites excluding steroid dienone is 1. The summed E-state index contributed by atoms with van der Waals surface area (Å²) < 4.78 is 23.6. The van der Waals surface area contributed by atoms with Gasteiger partial charge in [0, 0.05) is 18.5 Å². The molecule has 2 aliphatic heterocycles. The Bertz CT molecular complexity index is 661. The van der Waals surface area contributed by atoms with Crippen LogP contribution in [0.1, 0.15) is 40.0 Å². The predicted octanol–water partition coefficient (Wildman–Crippen LogP) is 2.35. The summed E-state index contributed by atoms with van der Waals surface area (Å²) in [6.07, 6.45) is 4.13. The van der Waals surface area contributed by atoms with Gasteiger partial charge in [-0.15, -0.1) is 0 Å². The van der Waals surface area contributed by atoms with E-state index >= 15 is 0 Å². The van der Waals surface area contributed by atoms with E-state index in [4.69, 9.17) is 30.5 Å². The number of hydrogen-bond donors (Lipinski definition) is 1. The van der Waals surface area contributed by atoms with Crippen molar-refractivity contribution in [3.8, 4) is 11.4 Å². The van der Waals surface area contributed by atoms with E-state index < -0.39 is 0 Å². The highest BCUT2D eigenvalue weighted by Gasteiger charge is 2.72. The maximum Gasteiger partial charge on any atom is 0.326 e. The summed E-state index contributed by atoms with van der Waals surface area (Å²) in [6, 6.07) is 2.42. The van der Waals surface area contributed by atoms with Crippen molar-refractivity contribution in [2.75, 3.05) is 20.3 Å². The number of rotatable bonds is 7. The maximum atomic E-state index is 12.1. The lowest BCUT2D eigenvalue weighted by molar-refractivity contribution is -0.170. The number of halogens is 1. The minimum absolute atomic E-state index is 0.0179. The molecule has 3 fully saturated rings. The van der Waals surface area contributed by atoms with Gasteiger partial charge in [0.2, 0.25) is 0 Å². The molecule has 1 spiro atoms. The molecule has 3 rings (SSSR count). The zero-order chi connectivity index (χ0) is 19.7. The van der Waals surface area contributed by atoms with Gasteiger partial charge in [0.1, 0.15) is 30.0 Å². The van der Waals surface area contributed by atoms with Crippen LogP contribution in [0.2, 0.25) is 0 Å². The summed E-state index contributed by atoms with van der Waals surface area (Å²) in [7, 11) is 1.66. The Morgan fingerprint density at radius 1 is 1.44 bits per heavy atom. The second-order valence-corrected chi connectivity index (χ2v) is 8.17. The molecular formula is C20H28ClNO5. The van der Waals surface area contributed by atoms with Crippen LogP contribution < -0.4 is 5.32 Å². The average molecular weight is 398 g/mol. The molecule has 7 heteroatoms. The molecule has 3 aliphatic rings. The fourth-order valence-electron chi connectivity index (χ4n) is 4.43. The van der Waals surface area contributed by atoms with Crippen molar-refractivity contribution in [1.29, 1.82) is 0 Å². The topological polar surface area (TPSA) is 72.6 Å². The van der Waals surface area contributed by atoms with Gasteiger partial charge in [-0.3, -0.25) is 4.79 Å². The van der Waals surface area contributed by atoms with Crippen LogP contribution in [0.25, 0.3) is 0 Å². The Morgan fingerprint density at radius 2 is 2.19 bits per heavy atom. The summed E-state index contributed by atoms with van der Waals surface area (Å²) in [4.78, 5) is 12.1. The van der Waals surface area contributed by atoms with Crippen LogP contribution in [0.3, 0.4) is 0 Å². The monoisotopic (exact) mass is 397 g/mol. The van der Waals surface area contributed by atoms with Crippen molar-refractivity contribution >= 4 is 17.6 Å². The van der Waals surface area contributed by atoms with Gasteiger partial charge in [-0.2, -0.15) is 0 Å². The number of hydrogen-bond acceptors (Lipinski definition) is 6. The summed E-state index contributed by atoms with van der Waals surface area (Å²) in [5.74, 6) is -0.358. The molecule has 0 amide bonds. The van der Waals surface area contributed by atoms with Crippen molar-refractivity contribution in [2.45, 2.75) is 69.5 Å². The van der Waals surface area contributed by atoms with E-state index in [-0.39, 0.29) is 47.9 Å². The van der Waals surface area contributed by atoms with E-state index in [0.29, 0.717) is 13.0 Å². The van der Waals surface area contributed by atoms with Crippen LogP contribution in [0, 0.1) is 17.3 Å². The first-order valence-electron chi connectivity index (χ1n) is 9.37. The lowest BCUT2D eigenvalue weighted by Crippen LogP contribution is -2.55. The normalized spacial score (nSPS) is 39.1. The first kappa shape index (κ1) is 20.5. The van der Waals surface area contributed by atoms with E-state index in [2.05, 4.69) is 43.6 Å². The number of nitrogens with one attached hydrogen (secondary N) is 1. The molecule has 6 atom stereocenters. The molecule has 0 aromatic heterocycles. The minimum Gasteiger partial charge on any atom is -0.458 e. The molecule has 6 nitrogen and oxygen atoms in total. The van der Waals surface area contributed by atoms with E-state index in [1.165, 1.54) is 5.57 Å². The van der Waals surface area contributed by atoms with Crippen molar-refractivity contribution in [2.24, 2.45) is 5.92 Å². The van der Waals surface area contributed by atoms with Gasteiger partial charge in [-0.1, -0.05) is 11.6 Å². The van der Waals surface area contributed by atoms with E-state index in [0.717, 1.165) is 12.8 Å². The number of esters is 1. The SMILES string of the molecule is COC1C(OC(=O)CNC#CCl)CCC2(CO2)C1C1(C)OC1CC=C(C)C. The Kier molecular flexibility index (Phi) is 6.07. The molecule has 0 aromatic carbocycles. The lowest BCUT2D eigenvalue weighted by Gasteiger charge is -2.42. The quantitative estimate of drug-likeness (QED) is 0.234. The maximum absolute atomic E-state index is 12.1. The Hall–Kier alpha value is -1.26. The first-order chi connectivity index (χ1) is 12.9. The van der Waals surface area contributed by atoms with E-state index in [1.807, 2.05) is 0 Å². The van der Waals surface area contributed by atoms with E-state index in [9.17, 15) is 4.79 Å². The van der Waals surface area contributed by atoms with Gasteiger partial charge in [-0.25, -0.2) is 0 Å². The van der Waals surface area contributed by atoms with Crippen LogP contribution in [-0.4, -0.2) is 55.7 Å². The molecule has 2 heterocycles. The minimum atomic E-state index is -0.379. The number of ether oxygens (including phenoxy) is 4. The molecule has 1 saturated carbocycles. The van der Waals surface area contributed by atoms with Gasteiger partial charge in [-0.05, 0) is 51.6 Å². The number of epoxide rings is 2. The highest BCUT2D eigenvalue weighted by Crippen LogP contribution is 2.59. The molecular weight excluding hydrogens is 370 g/mol. The number of methoxy groups -OCH3 is 1. The Balaban J connectivity index is 1.70. The van der Waals surface area contributed by atoms with Gasteiger partial charge in [0.25, 0.3) is 0 Å². The molecule has 6 unspecified atom stereocenters. The average Bonchev–Trinajstić information content (AvgIpc) is 3.53. The summed E-state index contributed by atoms with van der Waals surface area (Å²) in [6.45, 7) is 6.98. The predicted molar refractivity (Wildman–Crippen MR) is 101 cm³/mol. The summed E-state index contributed by atoms with van der Waals surface area (Å²) >= 11 is 5.27. The van der Waals surface area contributed by atoms with Crippen molar-refractivity contribution in [3.05, 3.63) is 11.6 Å². The molecule has 0 aromatic rings. The Morgan fingerprint density at radius 3 is 2.78 bits per heavy atom. The third kappa shape index (κ3) is 4.27. The fraction of sp³-hybridized carbons (Fsp3) is 0.750. The van der Waals surface area contributed by atoms with Gasteiger partial charge in [0.15, 0.2) is 0 Å². The van der Waals surface area contributed by atoms with E-state index in [1.54, 1.807) is 7.11 Å². The van der Waals surface area contributed by atoms with Crippen LogP contribution in [-0.2, 0) is 23.7 Å². The Labute approximate surface area is 165 Å². The summed E-state index contributed by atoms with van der Waals surface area (Å²) in [5.41, 5.74) is 0.716. The van der Waals surface area contributed by atoms with Gasteiger partial charge >= 0.3 is 5.97 Å². The zero-order valence-electron chi connectivity index (χ0n) is 16.3. The van der Waals surface area contributed by atoms with Gasteiger partial charge < -0.3 is 24.3 Å².